The Bertz CT molecular complexity index is 1340. The Labute approximate surface area is 207 Å². The van der Waals surface area contributed by atoms with Gasteiger partial charge in [0.1, 0.15) is 0 Å². The predicted molar refractivity (Wildman–Crippen MR) is 147 cm³/mol. The van der Waals surface area contributed by atoms with Gasteiger partial charge in [0.2, 0.25) is 0 Å². The molecule has 0 amide bonds. The summed E-state index contributed by atoms with van der Waals surface area (Å²) in [7, 11) is -1.57. The molecular weight excluding hydrogens is 429 g/mol. The van der Waals surface area contributed by atoms with Gasteiger partial charge in [-0.05, 0) is 64.9 Å². The average Bonchev–Trinajstić information content (AvgIpc) is 2.91. The molecule has 0 bridgehead atoms. The molecule has 35 heavy (non-hydrogen) atoms. The van der Waals surface area contributed by atoms with Crippen molar-refractivity contribution in [3.05, 3.63) is 127 Å². The zero-order valence-electron chi connectivity index (χ0n) is 19.8. The number of hydrogen-bond donors (Lipinski definition) is 2. The molecule has 4 aromatic carbocycles. The van der Waals surface area contributed by atoms with Crippen LogP contribution in [0.4, 0.5) is 17.1 Å². The van der Waals surface area contributed by atoms with E-state index in [1.54, 1.807) is 6.07 Å². The predicted octanol–water partition coefficient (Wildman–Crippen LogP) is 6.48. The smallest absolute Gasteiger partial charge is 0.423 e. The van der Waals surface area contributed by atoms with E-state index in [-0.39, 0.29) is 0 Å². The minimum Gasteiger partial charge on any atom is -0.423 e. The van der Waals surface area contributed by atoms with Gasteiger partial charge in [-0.2, -0.15) is 0 Å². The van der Waals surface area contributed by atoms with Crippen molar-refractivity contribution in [1.29, 1.82) is 0 Å². The van der Waals surface area contributed by atoms with Crippen molar-refractivity contribution in [3.63, 3.8) is 0 Å². The molecular formula is C31H28BNO2. The van der Waals surface area contributed by atoms with E-state index in [4.69, 9.17) is 0 Å². The molecule has 0 spiro atoms. The molecule has 1 aliphatic carbocycles. The van der Waals surface area contributed by atoms with E-state index >= 15 is 0 Å². The molecule has 2 N–H and O–H groups in total. The van der Waals surface area contributed by atoms with Crippen LogP contribution in [0.1, 0.15) is 18.9 Å². The second-order valence-corrected chi connectivity index (χ2v) is 8.96. The van der Waals surface area contributed by atoms with Gasteiger partial charge in [0.05, 0.1) is 0 Å². The highest BCUT2D eigenvalue weighted by Gasteiger charge is 2.22. The number of nitrogens with zero attached hydrogens (tertiary/aromatic N) is 1. The third-order valence-corrected chi connectivity index (χ3v) is 6.46. The molecule has 0 radical (unpaired) electrons. The van der Waals surface area contributed by atoms with Crippen LogP contribution in [-0.2, 0) is 0 Å². The summed E-state index contributed by atoms with van der Waals surface area (Å²) in [6.07, 6.45) is 7.79. The Morgan fingerprint density at radius 1 is 0.686 bits per heavy atom. The van der Waals surface area contributed by atoms with E-state index in [1.807, 2.05) is 36.4 Å². The van der Waals surface area contributed by atoms with Gasteiger partial charge in [-0.15, -0.1) is 0 Å². The lowest BCUT2D eigenvalue weighted by Gasteiger charge is -2.28. The molecule has 0 aliphatic heterocycles. The van der Waals surface area contributed by atoms with Crippen molar-refractivity contribution in [1.82, 2.24) is 0 Å². The van der Waals surface area contributed by atoms with Gasteiger partial charge >= 0.3 is 7.12 Å². The molecule has 1 atom stereocenters. The molecule has 1 aliphatic rings. The molecule has 4 aromatic rings. The van der Waals surface area contributed by atoms with E-state index < -0.39 is 7.12 Å². The van der Waals surface area contributed by atoms with E-state index in [2.05, 4.69) is 90.7 Å². The Hall–Kier alpha value is -3.86. The van der Waals surface area contributed by atoms with Crippen molar-refractivity contribution in [2.45, 2.75) is 13.3 Å². The van der Waals surface area contributed by atoms with Crippen LogP contribution in [0.15, 0.2) is 121 Å². The highest BCUT2D eigenvalue weighted by Crippen LogP contribution is 2.36. The maximum atomic E-state index is 10.1. The van der Waals surface area contributed by atoms with Crippen LogP contribution in [0.3, 0.4) is 0 Å². The minimum atomic E-state index is -1.57. The first-order valence-corrected chi connectivity index (χ1v) is 12.0. The molecule has 0 heterocycles. The molecule has 4 heteroatoms. The number of allylic oxidation sites excluding steroid dienone is 4. The Kier molecular flexibility index (Phi) is 6.67. The molecule has 1 unspecified atom stereocenters. The summed E-state index contributed by atoms with van der Waals surface area (Å²) in [6, 6.07) is 34.5. The summed E-state index contributed by atoms with van der Waals surface area (Å²) < 4.78 is 0. The lowest BCUT2D eigenvalue weighted by molar-refractivity contribution is 0.426. The largest absolute Gasteiger partial charge is 0.490 e. The monoisotopic (exact) mass is 457 g/mol. The van der Waals surface area contributed by atoms with Crippen LogP contribution < -0.4 is 10.4 Å². The SMILES string of the molecule is CC1C=CC(c2ccc(N(c3ccc(-c4ccccc4)cc3)c3ccccc3B(O)O)cc2)=CC1. The zero-order valence-corrected chi connectivity index (χ0v) is 19.8. The molecule has 5 rings (SSSR count). The Balaban J connectivity index is 1.56. The highest BCUT2D eigenvalue weighted by atomic mass is 16.4. The van der Waals surface area contributed by atoms with Gasteiger partial charge in [0.25, 0.3) is 0 Å². The minimum absolute atomic E-state index is 0.454. The van der Waals surface area contributed by atoms with Crippen LogP contribution in [0, 0.1) is 5.92 Å². The maximum Gasteiger partial charge on any atom is 0.490 e. The topological polar surface area (TPSA) is 43.7 Å². The van der Waals surface area contributed by atoms with Crippen LogP contribution in [0.5, 0.6) is 0 Å². The van der Waals surface area contributed by atoms with Crippen molar-refractivity contribution < 1.29 is 10.0 Å². The number of anilines is 3. The van der Waals surface area contributed by atoms with Crippen LogP contribution >= 0.6 is 0 Å². The average molecular weight is 457 g/mol. The van der Waals surface area contributed by atoms with Crippen molar-refractivity contribution >= 4 is 35.2 Å². The summed E-state index contributed by atoms with van der Waals surface area (Å²) in [6.45, 7) is 2.22. The van der Waals surface area contributed by atoms with Gasteiger partial charge in [-0.3, -0.25) is 0 Å². The highest BCUT2D eigenvalue weighted by molar-refractivity contribution is 6.60. The molecule has 0 saturated carbocycles. The van der Waals surface area contributed by atoms with Crippen molar-refractivity contribution in [2.75, 3.05) is 4.90 Å². The summed E-state index contributed by atoms with van der Waals surface area (Å²) in [5, 5.41) is 20.2. The van der Waals surface area contributed by atoms with Crippen LogP contribution in [0.2, 0.25) is 0 Å². The summed E-state index contributed by atoms with van der Waals surface area (Å²) in [4.78, 5) is 2.07. The van der Waals surface area contributed by atoms with Gasteiger partial charge in [0.15, 0.2) is 0 Å². The number of rotatable bonds is 6. The fraction of sp³-hybridized carbons (Fsp3) is 0.0968. The van der Waals surface area contributed by atoms with E-state index in [0.717, 1.165) is 34.6 Å². The van der Waals surface area contributed by atoms with Gasteiger partial charge in [0, 0.05) is 22.5 Å². The fourth-order valence-electron chi connectivity index (χ4n) is 4.51. The number of benzene rings is 4. The third kappa shape index (κ3) is 4.99. The molecule has 0 saturated heterocycles. The standard InChI is InChI=1S/C31H28BNO2/c1-23-11-13-25(14-12-23)27-17-21-29(22-18-27)33(31-10-6-5-9-30(31)32(34)35)28-19-15-26(16-20-28)24-7-3-2-4-8-24/h2-11,13-23,34-35H,12H2,1H3. The quantitative estimate of drug-likeness (QED) is 0.326. The first-order valence-electron chi connectivity index (χ1n) is 12.0. The van der Waals surface area contributed by atoms with Crippen LogP contribution in [-0.4, -0.2) is 17.2 Å². The van der Waals surface area contributed by atoms with Crippen LogP contribution in [0.25, 0.3) is 16.7 Å². The van der Waals surface area contributed by atoms with Crippen molar-refractivity contribution in [2.24, 2.45) is 5.92 Å². The van der Waals surface area contributed by atoms with E-state index in [1.165, 1.54) is 11.1 Å². The summed E-state index contributed by atoms with van der Waals surface area (Å²) in [5.74, 6) is 0.578. The Morgan fingerprint density at radius 3 is 1.86 bits per heavy atom. The summed E-state index contributed by atoms with van der Waals surface area (Å²) >= 11 is 0. The first-order chi connectivity index (χ1) is 17.1. The lowest BCUT2D eigenvalue weighted by atomic mass is 9.78. The number of para-hydroxylation sites is 1. The van der Waals surface area contributed by atoms with Gasteiger partial charge in [-0.25, -0.2) is 0 Å². The van der Waals surface area contributed by atoms with Gasteiger partial charge < -0.3 is 14.9 Å². The molecule has 3 nitrogen and oxygen atoms in total. The number of hydrogen-bond acceptors (Lipinski definition) is 3. The van der Waals surface area contributed by atoms with Crippen molar-refractivity contribution in [3.8, 4) is 11.1 Å². The van der Waals surface area contributed by atoms with E-state index in [9.17, 15) is 10.0 Å². The second-order valence-electron chi connectivity index (χ2n) is 8.96. The maximum absolute atomic E-state index is 10.1. The lowest BCUT2D eigenvalue weighted by Crippen LogP contribution is -2.34. The first kappa shape index (κ1) is 22.9. The normalized spacial score (nSPS) is 14.9. The Morgan fingerprint density at radius 2 is 1.26 bits per heavy atom. The summed E-state index contributed by atoms with van der Waals surface area (Å²) in [5.41, 5.74) is 7.77. The molecule has 0 fully saturated rings. The third-order valence-electron chi connectivity index (χ3n) is 6.46. The molecule has 0 aromatic heterocycles. The molecule has 172 valence electrons. The van der Waals surface area contributed by atoms with Gasteiger partial charge in [-0.1, -0.05) is 97.9 Å². The second kappa shape index (κ2) is 10.2. The zero-order chi connectivity index (χ0) is 24.2. The van der Waals surface area contributed by atoms with E-state index in [0.29, 0.717) is 11.4 Å². The fourth-order valence-corrected chi connectivity index (χ4v) is 4.51.